The topological polar surface area (TPSA) is 262 Å². The molecular formula is C97H119Br4ClN6O12S12. The molecule has 0 saturated heterocycles. The van der Waals surface area contributed by atoms with Gasteiger partial charge in [0, 0.05) is 72.0 Å². The number of nitrogens with zero attached hydrogens (tertiary/aromatic N) is 3. The Hall–Kier alpha value is -5.35. The number of sulfone groups is 2. The Balaban J connectivity index is 0.000000287. The van der Waals surface area contributed by atoms with Crippen molar-refractivity contribution in [1.82, 2.24) is 25.6 Å². The molecule has 2 amide bonds. The van der Waals surface area contributed by atoms with Crippen LogP contribution in [0.1, 0.15) is 148 Å². The number of carbonyl (C=O) groups is 4. The third-order valence-corrected chi connectivity index (χ3v) is 32.3. The first-order chi connectivity index (χ1) is 62.4. The van der Waals surface area contributed by atoms with Gasteiger partial charge in [-0.2, -0.15) is 0 Å². The summed E-state index contributed by atoms with van der Waals surface area (Å²) in [5.41, 5.74) is 10.6. The number of unbranched alkanes of at least 4 members (excludes halogenated alkanes) is 2. The highest BCUT2D eigenvalue weighted by Gasteiger charge is 2.26. The summed E-state index contributed by atoms with van der Waals surface area (Å²) in [7, 11) is -7.50. The van der Waals surface area contributed by atoms with Gasteiger partial charge in [0.05, 0.1) is 75.5 Å². The summed E-state index contributed by atoms with van der Waals surface area (Å²) in [6, 6.07) is 59.8. The normalized spacial score (nSPS) is 11.6. The number of hydrogen-bond acceptors (Lipinski definition) is 26. The lowest BCUT2D eigenvalue weighted by atomic mass is 10.0. The number of alkyl carbamates (subject to hydrolysis) is 2. The first-order valence-corrected chi connectivity index (χ1v) is 58.9. The Kier molecular flexibility index (Phi) is 54.9. The fourth-order valence-electron chi connectivity index (χ4n) is 11.6. The third-order valence-electron chi connectivity index (χ3n) is 18.3. The van der Waals surface area contributed by atoms with E-state index in [9.17, 15) is 36.0 Å². The molecule has 132 heavy (non-hydrogen) atoms. The molecule has 0 bridgehead atoms. The van der Waals surface area contributed by atoms with Crippen LogP contribution in [0.15, 0.2) is 270 Å². The number of aromatic nitrogens is 3. The van der Waals surface area contributed by atoms with Crippen LogP contribution in [-0.2, 0) is 67.8 Å². The van der Waals surface area contributed by atoms with Crippen LogP contribution in [-0.4, -0.2) is 123 Å². The Morgan fingerprint density at radius 3 is 1.24 bits per heavy atom. The van der Waals surface area contributed by atoms with Gasteiger partial charge in [-0.05, 0) is 232 Å². The van der Waals surface area contributed by atoms with E-state index in [4.69, 9.17) is 24.7 Å². The SMILES string of the molecule is CC(C)(C)OC(=O)NCc1ncc(Br)s1.CCCCC(CC)COC(=O)CCSc1cc(Br)cc(SC)c1.CCCCC(CC)COC(=O)CCSc1cc(SC)cc(-c2ccccc2)c1.CS(=O)(=O)c1cc(-c2ccccc2)cc(S(=O)(=O)c2cnc(CN)s2)c1.CSc1cc(Br)cc(Br)c1.CSc1cc(Sc2cnc(CNC(=O)OC(C)(C)C)s2)cc(-c2ccccc2)c1.Cl. The minimum Gasteiger partial charge on any atom is -0.465 e. The van der Waals surface area contributed by atoms with Crippen molar-refractivity contribution in [2.75, 3.05) is 56.0 Å². The molecule has 0 aliphatic carbocycles. The Morgan fingerprint density at radius 2 is 0.833 bits per heavy atom. The number of thioether (sulfide) groups is 6. The second kappa shape index (κ2) is 61.9. The van der Waals surface area contributed by atoms with Crippen molar-refractivity contribution < 1.29 is 55.0 Å². The quantitative estimate of drug-likeness (QED) is 0.0186. The second-order valence-electron chi connectivity index (χ2n) is 31.1. The number of benzene rings is 8. The minimum atomic E-state index is -3.91. The molecule has 0 aliphatic rings. The molecule has 0 saturated carbocycles. The molecule has 2 unspecified atom stereocenters. The molecule has 716 valence electrons. The maximum atomic E-state index is 13.0. The molecule has 8 aromatic carbocycles. The highest BCUT2D eigenvalue weighted by molar-refractivity contribution is 9.11. The molecule has 0 fully saturated rings. The van der Waals surface area contributed by atoms with Gasteiger partial charge in [-0.3, -0.25) is 9.59 Å². The van der Waals surface area contributed by atoms with Crippen molar-refractivity contribution in [1.29, 1.82) is 0 Å². The molecule has 18 nitrogen and oxygen atoms in total. The Labute approximate surface area is 863 Å². The summed E-state index contributed by atoms with van der Waals surface area (Å²) in [4.78, 5) is 67.9. The van der Waals surface area contributed by atoms with Crippen molar-refractivity contribution in [2.45, 2.75) is 217 Å². The van der Waals surface area contributed by atoms with Crippen molar-refractivity contribution in [3.8, 4) is 33.4 Å². The van der Waals surface area contributed by atoms with Gasteiger partial charge in [-0.1, -0.05) is 217 Å². The lowest BCUT2D eigenvalue weighted by molar-refractivity contribution is -0.145. The summed E-state index contributed by atoms with van der Waals surface area (Å²) < 4.78 is 76.7. The molecule has 3 aromatic heterocycles. The van der Waals surface area contributed by atoms with Gasteiger partial charge in [0.25, 0.3) is 0 Å². The first kappa shape index (κ1) is 117. The van der Waals surface area contributed by atoms with Crippen molar-refractivity contribution in [2.24, 2.45) is 17.6 Å². The molecule has 0 aliphatic heterocycles. The zero-order valence-corrected chi connectivity index (χ0v) is 93.8. The van der Waals surface area contributed by atoms with Crippen LogP contribution in [0.2, 0.25) is 0 Å². The number of thiazole rings is 3. The molecular weight excluding hydrogens is 2180 g/mol. The zero-order chi connectivity index (χ0) is 96.1. The number of esters is 2. The number of ether oxygens (including phenoxy) is 4. The number of amides is 2. The molecule has 0 radical (unpaired) electrons. The van der Waals surface area contributed by atoms with Crippen molar-refractivity contribution >= 4 is 236 Å². The summed E-state index contributed by atoms with van der Waals surface area (Å²) >= 11 is 29.7. The van der Waals surface area contributed by atoms with Crippen LogP contribution in [0.25, 0.3) is 33.4 Å². The van der Waals surface area contributed by atoms with Gasteiger partial charge in [-0.25, -0.2) is 41.4 Å². The van der Waals surface area contributed by atoms with E-state index in [0.717, 1.165) is 91.8 Å². The number of nitrogens with one attached hydrogen (secondary N) is 2. The third kappa shape index (κ3) is 46.0. The van der Waals surface area contributed by atoms with Gasteiger partial charge >= 0.3 is 24.1 Å². The van der Waals surface area contributed by atoms with Crippen molar-refractivity contribution in [3.05, 3.63) is 233 Å². The van der Waals surface area contributed by atoms with Crippen LogP contribution in [0.4, 0.5) is 9.59 Å². The van der Waals surface area contributed by atoms with E-state index in [0.29, 0.717) is 61.6 Å². The molecule has 35 heteroatoms. The monoisotopic (exact) mass is 2290 g/mol. The minimum absolute atomic E-state index is 0. The van der Waals surface area contributed by atoms with Gasteiger partial charge in [0.1, 0.15) is 30.4 Å². The summed E-state index contributed by atoms with van der Waals surface area (Å²) in [6.45, 7) is 21.8. The summed E-state index contributed by atoms with van der Waals surface area (Å²) in [6.07, 6.45) is 23.5. The van der Waals surface area contributed by atoms with Crippen LogP contribution in [0.5, 0.6) is 0 Å². The van der Waals surface area contributed by atoms with E-state index >= 15 is 0 Å². The highest BCUT2D eigenvalue weighted by Crippen LogP contribution is 2.40. The van der Waals surface area contributed by atoms with Gasteiger partial charge in [0.2, 0.25) is 9.84 Å². The van der Waals surface area contributed by atoms with E-state index in [-0.39, 0.29) is 44.9 Å². The molecule has 3 heterocycles. The number of hydrogen-bond donors (Lipinski definition) is 3. The van der Waals surface area contributed by atoms with E-state index in [1.54, 1.807) is 124 Å². The number of nitrogens with two attached hydrogens (primary N) is 1. The molecule has 2 atom stereocenters. The standard InChI is InChI=1S/C24H32O2S2.C22H24N2O2S3.C18H27BrO2S2.C17H16N2O4S3.C9H13BrN2O2S.C7H6Br2S.ClH/c1-4-6-10-19(5-2)18-26-24(25)13-14-28-23-16-21(15-22(17-23)27-3)20-11-8-7-9-12-20;1-22(2,3)26-21(25)24-13-19-23-14-20(29-19)28-18-11-16(10-17(12-18)27-4)15-8-6-5-7-9-15;1-4-6-7-14(5-2)13-21-18(20)8-9-23-17-11-15(19)10-16(12-17)22-3;1-25(20,21)14-7-13(12-5-3-2-4-6-12)8-15(9-14)26(22,23)17-11-19-16(10-18)24-17;1-9(2,3)14-8(13)12-5-7-11-4-6(10)15-7;1-10-7-3-5(8)2-6(9)4-7;/h7-9,11-12,15-17,19H,4-6,10,13-14,18H2,1-3H3;5-12,14H,13H2,1-4H3,(H,24,25);10-12,14H,4-9,13H2,1-3H3;2-9,11H,10,18H2,1H3;4H,5H2,1-3H3,(H,12,13);2-4H,1H3;1H. The predicted molar refractivity (Wildman–Crippen MR) is 576 cm³/mol. The van der Waals surface area contributed by atoms with Crippen LogP contribution in [0, 0.1) is 11.8 Å². The van der Waals surface area contributed by atoms with E-state index in [2.05, 4.69) is 257 Å². The van der Waals surface area contributed by atoms with Crippen LogP contribution >= 0.6 is 192 Å². The Morgan fingerprint density at radius 1 is 0.455 bits per heavy atom. The van der Waals surface area contributed by atoms with Crippen LogP contribution in [0.3, 0.4) is 0 Å². The lowest BCUT2D eigenvalue weighted by Gasteiger charge is -2.19. The van der Waals surface area contributed by atoms with Crippen molar-refractivity contribution in [3.63, 3.8) is 0 Å². The van der Waals surface area contributed by atoms with Gasteiger partial charge in [0.15, 0.2) is 9.84 Å². The average Bonchev–Trinajstić information content (AvgIpc) is 1.36. The van der Waals surface area contributed by atoms with E-state index in [1.165, 1.54) is 118 Å². The average molecular weight is 2300 g/mol. The molecule has 4 N–H and O–H groups in total. The molecule has 0 spiro atoms. The fourth-order valence-corrected chi connectivity index (χ4v) is 24.6. The fraction of sp³-hybridized carbons (Fsp3) is 0.371. The Bertz CT molecular complexity index is 5560. The lowest BCUT2D eigenvalue weighted by Crippen LogP contribution is -2.32. The van der Waals surface area contributed by atoms with E-state index < -0.39 is 43.1 Å². The number of carbonyl (C=O) groups excluding carboxylic acids is 4. The van der Waals surface area contributed by atoms with Gasteiger partial charge in [-0.15, -0.1) is 117 Å². The largest absolute Gasteiger partial charge is 0.465 e. The maximum absolute atomic E-state index is 13.0. The maximum Gasteiger partial charge on any atom is 0.408 e. The summed E-state index contributed by atoms with van der Waals surface area (Å²) in [5.74, 6) is 2.37. The predicted octanol–water partition coefficient (Wildman–Crippen LogP) is 30.2. The summed E-state index contributed by atoms with van der Waals surface area (Å²) in [5, 5.41) is 7.57. The zero-order valence-electron chi connectivity index (χ0n) is 76.9. The first-order valence-electron chi connectivity index (χ1n) is 42.2. The number of halogens is 5. The highest BCUT2D eigenvalue weighted by atomic mass is 79.9. The molecule has 11 rings (SSSR count). The second-order valence-corrected chi connectivity index (χ2v) is 50.0. The number of rotatable bonds is 37. The molecule has 11 aromatic rings. The smallest absolute Gasteiger partial charge is 0.408 e. The van der Waals surface area contributed by atoms with E-state index in [1.807, 2.05) is 72.0 Å². The van der Waals surface area contributed by atoms with Gasteiger partial charge < -0.3 is 35.3 Å². The van der Waals surface area contributed by atoms with Crippen LogP contribution < -0.4 is 16.4 Å².